The topological polar surface area (TPSA) is 72.2 Å². The Morgan fingerprint density at radius 3 is 2.78 bits per heavy atom. The number of halogens is 1. The summed E-state index contributed by atoms with van der Waals surface area (Å²) in [7, 11) is -3.52. The average molecular weight is 331 g/mol. The van der Waals surface area contributed by atoms with Crippen LogP contribution in [-0.2, 0) is 10.0 Å². The number of hydrogen-bond acceptors (Lipinski definition) is 3. The van der Waals surface area contributed by atoms with Crippen LogP contribution in [0.5, 0.6) is 0 Å². The van der Waals surface area contributed by atoms with E-state index in [1.165, 1.54) is 6.07 Å². The second-order valence-electron chi connectivity index (χ2n) is 4.29. The van der Waals surface area contributed by atoms with Gasteiger partial charge in [-0.3, -0.25) is 0 Å². The zero-order chi connectivity index (χ0) is 13.2. The number of nitrogens with one attached hydrogen (secondary N) is 1. The van der Waals surface area contributed by atoms with Gasteiger partial charge in [-0.15, -0.1) is 0 Å². The summed E-state index contributed by atoms with van der Waals surface area (Å²) in [6.45, 7) is 0. The largest absolute Gasteiger partial charge is 0.399 e. The van der Waals surface area contributed by atoms with E-state index in [1.807, 2.05) is 6.08 Å². The minimum Gasteiger partial charge on any atom is -0.399 e. The molecule has 0 radical (unpaired) electrons. The molecule has 6 heteroatoms. The zero-order valence-corrected chi connectivity index (χ0v) is 12.2. The maximum absolute atomic E-state index is 12.3. The smallest absolute Gasteiger partial charge is 0.242 e. The molecule has 2 rings (SSSR count). The zero-order valence-electron chi connectivity index (χ0n) is 9.77. The molecular formula is C12H15BrN2O2S. The summed E-state index contributed by atoms with van der Waals surface area (Å²) in [5.74, 6) is 0. The Bertz CT molecular complexity index is 569. The van der Waals surface area contributed by atoms with Crippen molar-refractivity contribution in [3.63, 3.8) is 0 Å². The molecule has 0 amide bonds. The summed E-state index contributed by atoms with van der Waals surface area (Å²) in [6, 6.07) is 4.73. The number of allylic oxidation sites excluding steroid dienone is 1. The van der Waals surface area contributed by atoms with Crippen molar-refractivity contribution in [1.82, 2.24) is 4.72 Å². The number of anilines is 1. The predicted molar refractivity (Wildman–Crippen MR) is 75.7 cm³/mol. The van der Waals surface area contributed by atoms with Crippen molar-refractivity contribution in [2.75, 3.05) is 5.73 Å². The van der Waals surface area contributed by atoms with E-state index in [0.717, 1.165) is 19.3 Å². The Balaban J connectivity index is 2.24. The maximum Gasteiger partial charge on any atom is 0.242 e. The van der Waals surface area contributed by atoms with Gasteiger partial charge < -0.3 is 5.73 Å². The summed E-state index contributed by atoms with van der Waals surface area (Å²) in [6.07, 6.45) is 6.55. The van der Waals surface area contributed by atoms with E-state index in [-0.39, 0.29) is 10.9 Å². The Kier molecular flexibility index (Phi) is 4.09. The standard InChI is InChI=1S/C12H15BrN2O2S/c13-11-7-6-9(14)8-12(11)18(16,17)15-10-4-2-1-3-5-10/h1-2,6-8,10,15H,3-5,14H2. The molecule has 98 valence electrons. The van der Waals surface area contributed by atoms with Crippen molar-refractivity contribution in [2.45, 2.75) is 30.2 Å². The van der Waals surface area contributed by atoms with Gasteiger partial charge in [-0.1, -0.05) is 12.2 Å². The fourth-order valence-electron chi connectivity index (χ4n) is 1.91. The van der Waals surface area contributed by atoms with Crippen molar-refractivity contribution in [3.05, 3.63) is 34.8 Å². The highest BCUT2D eigenvalue weighted by Gasteiger charge is 2.22. The fourth-order valence-corrected chi connectivity index (χ4v) is 4.19. The van der Waals surface area contributed by atoms with Crippen LogP contribution >= 0.6 is 15.9 Å². The van der Waals surface area contributed by atoms with E-state index in [1.54, 1.807) is 12.1 Å². The molecular weight excluding hydrogens is 316 g/mol. The lowest BCUT2D eigenvalue weighted by atomic mass is 10.0. The summed E-state index contributed by atoms with van der Waals surface area (Å²) in [5, 5.41) is 0. The molecule has 4 nitrogen and oxygen atoms in total. The number of sulfonamides is 1. The highest BCUT2D eigenvalue weighted by molar-refractivity contribution is 9.10. The van der Waals surface area contributed by atoms with Gasteiger partial charge in [0, 0.05) is 16.2 Å². The van der Waals surface area contributed by atoms with Crippen molar-refractivity contribution in [3.8, 4) is 0 Å². The number of hydrogen-bond donors (Lipinski definition) is 2. The van der Waals surface area contributed by atoms with E-state index < -0.39 is 10.0 Å². The minimum atomic E-state index is -3.52. The highest BCUT2D eigenvalue weighted by atomic mass is 79.9. The van der Waals surface area contributed by atoms with Gasteiger partial charge in [0.2, 0.25) is 10.0 Å². The van der Waals surface area contributed by atoms with E-state index in [9.17, 15) is 8.42 Å². The van der Waals surface area contributed by atoms with E-state index in [4.69, 9.17) is 5.73 Å². The van der Waals surface area contributed by atoms with Gasteiger partial charge in [0.05, 0.1) is 4.90 Å². The first-order valence-electron chi connectivity index (χ1n) is 5.71. The molecule has 0 saturated carbocycles. The van der Waals surface area contributed by atoms with Gasteiger partial charge >= 0.3 is 0 Å². The first-order chi connectivity index (χ1) is 8.49. The first kappa shape index (κ1) is 13.6. The van der Waals surface area contributed by atoms with Gasteiger partial charge in [0.25, 0.3) is 0 Å². The van der Waals surface area contributed by atoms with Crippen LogP contribution in [0.2, 0.25) is 0 Å². The summed E-state index contributed by atoms with van der Waals surface area (Å²) in [4.78, 5) is 0.192. The van der Waals surface area contributed by atoms with Crippen LogP contribution in [0.4, 0.5) is 5.69 Å². The molecule has 3 N–H and O–H groups in total. The number of nitrogen functional groups attached to an aromatic ring is 1. The van der Waals surface area contributed by atoms with Crippen LogP contribution in [0.25, 0.3) is 0 Å². The highest BCUT2D eigenvalue weighted by Crippen LogP contribution is 2.25. The Morgan fingerprint density at radius 2 is 2.11 bits per heavy atom. The van der Waals surface area contributed by atoms with E-state index in [0.29, 0.717) is 10.2 Å². The third kappa shape index (κ3) is 3.13. The first-order valence-corrected chi connectivity index (χ1v) is 7.99. The minimum absolute atomic E-state index is 0.0340. The molecule has 1 aromatic carbocycles. The van der Waals surface area contributed by atoms with Gasteiger partial charge in [0.1, 0.15) is 0 Å². The van der Waals surface area contributed by atoms with Crippen LogP contribution in [0, 0.1) is 0 Å². The van der Waals surface area contributed by atoms with Crippen molar-refractivity contribution in [2.24, 2.45) is 0 Å². The molecule has 1 aliphatic rings. The predicted octanol–water partition coefficient (Wildman–Crippen LogP) is 2.42. The molecule has 18 heavy (non-hydrogen) atoms. The third-order valence-electron chi connectivity index (χ3n) is 2.84. The Morgan fingerprint density at radius 1 is 1.33 bits per heavy atom. The molecule has 0 bridgehead atoms. The molecule has 1 aliphatic carbocycles. The second-order valence-corrected chi connectivity index (χ2v) is 6.83. The lowest BCUT2D eigenvalue weighted by molar-refractivity contribution is 0.522. The number of nitrogens with two attached hydrogens (primary N) is 1. The van der Waals surface area contributed by atoms with Crippen LogP contribution < -0.4 is 10.5 Å². The van der Waals surface area contributed by atoms with Crippen LogP contribution in [0.15, 0.2) is 39.7 Å². The van der Waals surface area contributed by atoms with Crippen molar-refractivity contribution < 1.29 is 8.42 Å². The summed E-state index contributed by atoms with van der Waals surface area (Å²) < 4.78 is 27.7. The fraction of sp³-hybridized carbons (Fsp3) is 0.333. The Labute approximate surface area is 115 Å². The summed E-state index contributed by atoms with van der Waals surface area (Å²) >= 11 is 3.24. The quantitative estimate of drug-likeness (QED) is 0.660. The lowest BCUT2D eigenvalue weighted by Crippen LogP contribution is -2.35. The molecule has 0 aliphatic heterocycles. The van der Waals surface area contributed by atoms with Gasteiger partial charge in [-0.2, -0.15) is 0 Å². The number of benzene rings is 1. The van der Waals surface area contributed by atoms with Crippen LogP contribution in [0.3, 0.4) is 0 Å². The molecule has 0 spiro atoms. The van der Waals surface area contributed by atoms with Gasteiger partial charge in [0.15, 0.2) is 0 Å². The molecule has 1 unspecified atom stereocenters. The van der Waals surface area contributed by atoms with Crippen molar-refractivity contribution in [1.29, 1.82) is 0 Å². The number of rotatable bonds is 3. The van der Waals surface area contributed by atoms with E-state index in [2.05, 4.69) is 26.7 Å². The second kappa shape index (κ2) is 5.42. The molecule has 1 atom stereocenters. The Hall–Kier alpha value is -0.850. The molecule has 0 heterocycles. The lowest BCUT2D eigenvalue weighted by Gasteiger charge is -2.19. The van der Waals surface area contributed by atoms with Crippen molar-refractivity contribution >= 4 is 31.6 Å². The van der Waals surface area contributed by atoms with Crippen LogP contribution in [0.1, 0.15) is 19.3 Å². The monoisotopic (exact) mass is 330 g/mol. The van der Waals surface area contributed by atoms with Crippen LogP contribution in [-0.4, -0.2) is 14.5 Å². The third-order valence-corrected chi connectivity index (χ3v) is 5.35. The SMILES string of the molecule is Nc1ccc(Br)c(S(=O)(=O)NC2CC=CCC2)c1. The van der Waals surface area contributed by atoms with Gasteiger partial charge in [-0.25, -0.2) is 13.1 Å². The molecule has 1 aromatic rings. The maximum atomic E-state index is 12.3. The summed E-state index contributed by atoms with van der Waals surface area (Å²) in [5.41, 5.74) is 6.07. The molecule has 0 saturated heterocycles. The molecule has 0 aromatic heterocycles. The normalized spacial score (nSPS) is 19.9. The average Bonchev–Trinajstić information content (AvgIpc) is 2.33. The van der Waals surface area contributed by atoms with E-state index >= 15 is 0 Å². The molecule has 0 fully saturated rings. The van der Waals surface area contributed by atoms with Gasteiger partial charge in [-0.05, 0) is 53.4 Å².